The van der Waals surface area contributed by atoms with E-state index in [4.69, 9.17) is 17.3 Å². The fourth-order valence-electron chi connectivity index (χ4n) is 3.01. The molecule has 1 saturated heterocycles. The van der Waals surface area contributed by atoms with Crippen molar-refractivity contribution in [2.24, 2.45) is 10.7 Å². The Labute approximate surface area is 170 Å². The molecule has 0 radical (unpaired) electrons. The zero-order valence-corrected chi connectivity index (χ0v) is 17.2. The van der Waals surface area contributed by atoms with Gasteiger partial charge in [0.2, 0.25) is 10.0 Å². The Balaban J connectivity index is 1.55. The third-order valence-corrected chi connectivity index (χ3v) is 6.40. The molecule has 0 aromatic heterocycles. The lowest BCUT2D eigenvalue weighted by atomic mass is 10.2. The number of aliphatic imine (C=N–C) groups is 1. The maximum absolute atomic E-state index is 11.8. The maximum atomic E-state index is 11.8. The lowest BCUT2D eigenvalue weighted by molar-refractivity contribution is 0.380. The first-order valence-electron chi connectivity index (χ1n) is 8.97. The minimum Gasteiger partial charge on any atom is -0.370 e. The van der Waals surface area contributed by atoms with E-state index in [9.17, 15) is 8.42 Å². The average molecular weight is 422 g/mol. The topological polar surface area (TPSA) is 91.0 Å². The highest BCUT2D eigenvalue weighted by Crippen LogP contribution is 2.19. The van der Waals surface area contributed by atoms with Crippen molar-refractivity contribution in [2.75, 3.05) is 38.1 Å². The highest BCUT2D eigenvalue weighted by molar-refractivity contribution is 7.89. The van der Waals surface area contributed by atoms with Gasteiger partial charge in [-0.2, -0.15) is 0 Å². The summed E-state index contributed by atoms with van der Waals surface area (Å²) in [6.07, 6.45) is 0. The van der Waals surface area contributed by atoms with Crippen molar-refractivity contribution in [3.8, 4) is 0 Å². The van der Waals surface area contributed by atoms with Crippen molar-refractivity contribution >= 4 is 33.3 Å². The smallest absolute Gasteiger partial charge is 0.240 e. The van der Waals surface area contributed by atoms with Gasteiger partial charge in [0.15, 0.2) is 5.96 Å². The molecule has 28 heavy (non-hydrogen) atoms. The van der Waals surface area contributed by atoms with Crippen LogP contribution in [0.4, 0.5) is 5.69 Å². The molecule has 2 aromatic carbocycles. The van der Waals surface area contributed by atoms with Crippen LogP contribution >= 0.6 is 11.6 Å². The summed E-state index contributed by atoms with van der Waals surface area (Å²) in [7, 11) is -2.03. The van der Waals surface area contributed by atoms with Crippen LogP contribution in [0.2, 0.25) is 5.02 Å². The van der Waals surface area contributed by atoms with Gasteiger partial charge in [0.1, 0.15) is 0 Å². The quantitative estimate of drug-likeness (QED) is 0.568. The SMILES string of the molecule is CNS(=O)(=O)c1ccc(CN=C(N)N2CCN(c3ccc(Cl)cc3)CC2)cc1. The van der Waals surface area contributed by atoms with Gasteiger partial charge in [-0.3, -0.25) is 0 Å². The molecular weight excluding hydrogens is 398 g/mol. The van der Waals surface area contributed by atoms with Gasteiger partial charge >= 0.3 is 0 Å². The van der Waals surface area contributed by atoms with Gasteiger partial charge in [-0.1, -0.05) is 23.7 Å². The second-order valence-electron chi connectivity index (χ2n) is 6.48. The van der Waals surface area contributed by atoms with E-state index in [1.807, 2.05) is 24.3 Å². The number of halogens is 1. The van der Waals surface area contributed by atoms with Crippen LogP contribution in [-0.2, 0) is 16.6 Å². The first-order valence-corrected chi connectivity index (χ1v) is 10.8. The van der Waals surface area contributed by atoms with E-state index in [-0.39, 0.29) is 4.90 Å². The monoisotopic (exact) mass is 421 g/mol. The van der Waals surface area contributed by atoms with Gasteiger partial charge in [-0.15, -0.1) is 0 Å². The third kappa shape index (κ3) is 4.95. The molecule has 150 valence electrons. The van der Waals surface area contributed by atoms with E-state index in [1.54, 1.807) is 24.3 Å². The molecule has 3 rings (SSSR count). The number of rotatable bonds is 5. The average Bonchev–Trinajstić information content (AvgIpc) is 2.73. The molecular formula is C19H24ClN5O2S. The Morgan fingerprint density at radius 2 is 1.68 bits per heavy atom. The molecule has 0 unspecified atom stereocenters. The Kier molecular flexibility index (Phi) is 6.43. The molecule has 0 bridgehead atoms. The molecule has 0 aliphatic carbocycles. The number of hydrogen-bond acceptors (Lipinski definition) is 4. The van der Waals surface area contributed by atoms with Gasteiger partial charge in [0.05, 0.1) is 11.4 Å². The van der Waals surface area contributed by atoms with Crippen LogP contribution in [0.15, 0.2) is 58.4 Å². The minimum atomic E-state index is -3.42. The zero-order valence-electron chi connectivity index (χ0n) is 15.7. The van der Waals surface area contributed by atoms with Crippen LogP contribution < -0.4 is 15.4 Å². The Morgan fingerprint density at radius 1 is 1.07 bits per heavy atom. The summed E-state index contributed by atoms with van der Waals surface area (Å²) in [4.78, 5) is 9.04. The third-order valence-electron chi connectivity index (χ3n) is 4.72. The summed E-state index contributed by atoms with van der Waals surface area (Å²) in [6.45, 7) is 3.70. The van der Waals surface area contributed by atoms with E-state index in [0.29, 0.717) is 12.5 Å². The number of nitrogens with one attached hydrogen (secondary N) is 1. The predicted octanol–water partition coefficient (Wildman–Crippen LogP) is 1.89. The lowest BCUT2D eigenvalue weighted by Gasteiger charge is -2.36. The number of sulfonamides is 1. The summed E-state index contributed by atoms with van der Waals surface area (Å²) in [5.41, 5.74) is 8.20. The van der Waals surface area contributed by atoms with Crippen LogP contribution in [0.5, 0.6) is 0 Å². The molecule has 7 nitrogen and oxygen atoms in total. The zero-order chi connectivity index (χ0) is 20.1. The number of hydrogen-bond donors (Lipinski definition) is 2. The Morgan fingerprint density at radius 3 is 2.25 bits per heavy atom. The molecule has 9 heteroatoms. The van der Waals surface area contributed by atoms with E-state index < -0.39 is 10.0 Å². The standard InChI is InChI=1S/C19H24ClN5O2S/c1-22-28(26,27)18-8-2-15(3-9-18)14-23-19(21)25-12-10-24(11-13-25)17-6-4-16(20)5-7-17/h2-9,22H,10-14H2,1H3,(H2,21,23). The molecule has 1 fully saturated rings. The fourth-order valence-corrected chi connectivity index (χ4v) is 3.87. The summed E-state index contributed by atoms with van der Waals surface area (Å²) >= 11 is 5.95. The number of anilines is 1. The second kappa shape index (κ2) is 8.81. The summed E-state index contributed by atoms with van der Waals surface area (Å²) in [5, 5.41) is 0.732. The van der Waals surface area contributed by atoms with E-state index in [2.05, 4.69) is 19.5 Å². The molecule has 3 N–H and O–H groups in total. The minimum absolute atomic E-state index is 0.231. The van der Waals surface area contributed by atoms with Crippen molar-refractivity contribution in [3.63, 3.8) is 0 Å². The number of benzene rings is 2. The van der Waals surface area contributed by atoms with Crippen LogP contribution in [-0.4, -0.2) is 52.5 Å². The van der Waals surface area contributed by atoms with Gasteiger partial charge in [-0.25, -0.2) is 18.1 Å². The van der Waals surface area contributed by atoms with E-state index in [1.165, 1.54) is 7.05 Å². The summed E-state index contributed by atoms with van der Waals surface area (Å²) in [5.74, 6) is 0.502. The van der Waals surface area contributed by atoms with Crippen molar-refractivity contribution in [2.45, 2.75) is 11.4 Å². The summed E-state index contributed by atoms with van der Waals surface area (Å²) < 4.78 is 25.8. The first-order chi connectivity index (χ1) is 13.4. The Hall–Kier alpha value is -2.29. The van der Waals surface area contributed by atoms with Crippen LogP contribution in [0.3, 0.4) is 0 Å². The molecule has 0 spiro atoms. The molecule has 1 aliphatic rings. The number of piperazine rings is 1. The van der Waals surface area contributed by atoms with Crippen molar-refractivity contribution in [1.82, 2.24) is 9.62 Å². The van der Waals surface area contributed by atoms with Crippen molar-refractivity contribution < 1.29 is 8.42 Å². The Bertz CT molecular complexity index is 922. The lowest BCUT2D eigenvalue weighted by Crippen LogP contribution is -2.51. The molecule has 0 amide bonds. The van der Waals surface area contributed by atoms with Crippen LogP contribution in [0, 0.1) is 0 Å². The molecule has 0 atom stereocenters. The largest absolute Gasteiger partial charge is 0.370 e. The van der Waals surface area contributed by atoms with Crippen LogP contribution in [0.25, 0.3) is 0 Å². The van der Waals surface area contributed by atoms with Gasteiger partial charge in [0, 0.05) is 36.9 Å². The fraction of sp³-hybridized carbons (Fsp3) is 0.316. The maximum Gasteiger partial charge on any atom is 0.240 e. The molecule has 2 aromatic rings. The number of nitrogens with two attached hydrogens (primary N) is 1. The highest BCUT2D eigenvalue weighted by Gasteiger charge is 2.18. The van der Waals surface area contributed by atoms with E-state index in [0.717, 1.165) is 42.5 Å². The molecule has 0 saturated carbocycles. The van der Waals surface area contributed by atoms with Crippen molar-refractivity contribution in [3.05, 3.63) is 59.1 Å². The van der Waals surface area contributed by atoms with Crippen LogP contribution in [0.1, 0.15) is 5.56 Å². The van der Waals surface area contributed by atoms with E-state index >= 15 is 0 Å². The first kappa shape index (κ1) is 20.4. The van der Waals surface area contributed by atoms with Gasteiger partial charge < -0.3 is 15.5 Å². The number of guanidine groups is 1. The number of nitrogens with zero attached hydrogens (tertiary/aromatic N) is 3. The predicted molar refractivity (Wildman–Crippen MR) is 113 cm³/mol. The normalized spacial score (nSPS) is 15.7. The van der Waals surface area contributed by atoms with Gasteiger partial charge in [-0.05, 0) is 49.0 Å². The molecule has 1 aliphatic heterocycles. The highest BCUT2D eigenvalue weighted by atomic mass is 35.5. The van der Waals surface area contributed by atoms with Crippen molar-refractivity contribution in [1.29, 1.82) is 0 Å². The van der Waals surface area contributed by atoms with Gasteiger partial charge in [0.25, 0.3) is 0 Å². The second-order valence-corrected chi connectivity index (χ2v) is 8.80. The molecule has 1 heterocycles. The summed E-state index contributed by atoms with van der Waals surface area (Å²) in [6, 6.07) is 14.5.